The van der Waals surface area contributed by atoms with E-state index < -0.39 is 87.4 Å². The maximum absolute atomic E-state index is 14.3. The summed E-state index contributed by atoms with van der Waals surface area (Å²) in [6, 6.07) is 0. The van der Waals surface area contributed by atoms with Gasteiger partial charge >= 0.3 is 23.9 Å². The van der Waals surface area contributed by atoms with Crippen molar-refractivity contribution in [2.45, 2.75) is 29.8 Å². The number of allylic oxidation sites excluding steroid dienone is 4. The van der Waals surface area contributed by atoms with Crippen LogP contribution in [0.15, 0.2) is 20.1 Å². The van der Waals surface area contributed by atoms with Gasteiger partial charge in [-0.15, -0.1) is 46.4 Å². The standard InChI is InChI=1S/C9H4Cl6O4.C9H4Cl4F2O4/c2*10-3-4(11)8(13)2(6(18)19)1(5(16)17)7(3,12)9(8,14)15/h2*1-2H,(H,16,17)(H,18,19). The van der Waals surface area contributed by atoms with E-state index in [4.69, 9.17) is 126 Å². The largest absolute Gasteiger partial charge is 0.481 e. The first-order valence-corrected chi connectivity index (χ1v) is 13.2. The molecule has 4 aliphatic rings. The molecule has 0 aliphatic heterocycles. The molecule has 0 radical (unpaired) electrons. The van der Waals surface area contributed by atoms with E-state index in [0.717, 1.165) is 0 Å². The number of hydrogen-bond donors (Lipinski definition) is 4. The molecule has 2 saturated carbocycles. The molecule has 8 nitrogen and oxygen atoms in total. The molecule has 0 spiro atoms. The van der Waals surface area contributed by atoms with E-state index in [-0.39, 0.29) is 10.1 Å². The minimum atomic E-state index is -4.12. The number of carboxylic acids is 4. The summed E-state index contributed by atoms with van der Waals surface area (Å²) < 4.78 is 26.4. The van der Waals surface area contributed by atoms with E-state index in [9.17, 15) is 38.2 Å². The summed E-state index contributed by atoms with van der Waals surface area (Å²) in [6.45, 7) is 0. The minimum Gasteiger partial charge on any atom is -0.481 e. The van der Waals surface area contributed by atoms with Crippen LogP contribution in [0.4, 0.5) is 8.78 Å². The van der Waals surface area contributed by atoms with E-state index >= 15 is 0 Å². The SMILES string of the molecule is O=C(O)C1C(C(=O)O)C2(Cl)C(Cl)=C(Cl)C1(Cl)C2(Cl)Cl.O=C(O)C1C(C(=O)O)C2(Cl)C(Cl)=C(Cl)C1(Cl)C2(F)F. The number of alkyl halides is 8. The first-order valence-electron chi connectivity index (χ1n) is 9.45. The van der Waals surface area contributed by atoms with Gasteiger partial charge in [0.25, 0.3) is 5.92 Å². The third-order valence-electron chi connectivity index (χ3n) is 6.94. The van der Waals surface area contributed by atoms with Crippen molar-refractivity contribution in [2.75, 3.05) is 0 Å². The van der Waals surface area contributed by atoms with Crippen LogP contribution in [0.25, 0.3) is 0 Å². The van der Waals surface area contributed by atoms with Gasteiger partial charge in [0.2, 0.25) is 0 Å². The van der Waals surface area contributed by atoms with E-state index in [0.29, 0.717) is 0 Å². The monoisotopic (exact) mass is 740 g/mol. The quantitative estimate of drug-likeness (QED) is 0.259. The Morgan fingerprint density at radius 1 is 0.500 bits per heavy atom. The molecule has 0 amide bonds. The molecule has 20 heteroatoms. The summed E-state index contributed by atoms with van der Waals surface area (Å²) in [4.78, 5) is 34.8. The number of aliphatic carboxylic acids is 4. The third kappa shape index (κ3) is 3.30. The first-order chi connectivity index (χ1) is 16.9. The van der Waals surface area contributed by atoms with Gasteiger partial charge in [-0.1, -0.05) is 69.6 Å². The van der Waals surface area contributed by atoms with Crippen molar-refractivity contribution in [3.63, 3.8) is 0 Å². The molecular weight excluding hydrogens is 737 g/mol. The average Bonchev–Trinajstić information content (AvgIpc) is 3.12. The molecule has 4 rings (SSSR count). The lowest BCUT2D eigenvalue weighted by atomic mass is 9.82. The summed E-state index contributed by atoms with van der Waals surface area (Å²) in [5, 5.41) is 34.1. The zero-order chi connectivity index (χ0) is 29.9. The molecule has 0 aromatic heterocycles. The maximum Gasteiger partial charge on any atom is 0.309 e. The molecule has 212 valence electrons. The Bertz CT molecular complexity index is 1080. The van der Waals surface area contributed by atoms with Crippen molar-refractivity contribution in [1.82, 2.24) is 0 Å². The number of carbonyl (C=O) groups is 4. The Morgan fingerprint density at radius 3 is 0.895 bits per heavy atom. The molecule has 4 N–H and O–H groups in total. The second-order valence-electron chi connectivity index (χ2n) is 8.52. The molecule has 38 heavy (non-hydrogen) atoms. The van der Waals surface area contributed by atoms with Gasteiger partial charge < -0.3 is 20.4 Å². The maximum atomic E-state index is 14.3. The zero-order valence-electron chi connectivity index (χ0n) is 17.3. The Kier molecular flexibility index (Phi) is 8.00. The molecule has 0 heterocycles. The Morgan fingerprint density at radius 2 is 0.684 bits per heavy atom. The fourth-order valence-corrected chi connectivity index (χ4v) is 9.99. The van der Waals surface area contributed by atoms with Gasteiger partial charge in [-0.3, -0.25) is 19.2 Å². The summed E-state index contributed by atoms with van der Waals surface area (Å²) in [7, 11) is 0. The highest BCUT2D eigenvalue weighted by Crippen LogP contribution is 2.76. The summed E-state index contributed by atoms with van der Waals surface area (Å²) >= 11 is 58.7. The second-order valence-corrected chi connectivity index (χ2v) is 13.7. The molecule has 0 aromatic rings. The van der Waals surface area contributed by atoms with Crippen LogP contribution in [0, 0.1) is 23.7 Å². The van der Waals surface area contributed by atoms with Crippen LogP contribution in [0.3, 0.4) is 0 Å². The fraction of sp³-hybridized carbons (Fsp3) is 0.556. The molecule has 0 aromatic carbocycles. The van der Waals surface area contributed by atoms with Crippen LogP contribution in [0.1, 0.15) is 0 Å². The topological polar surface area (TPSA) is 149 Å². The first kappa shape index (κ1) is 32.6. The van der Waals surface area contributed by atoms with Crippen LogP contribution in [0.2, 0.25) is 0 Å². The predicted octanol–water partition coefficient (Wildman–Crippen LogP) is 5.93. The molecule has 0 saturated heterocycles. The van der Waals surface area contributed by atoms with Crippen LogP contribution in [-0.4, -0.2) is 74.1 Å². The van der Waals surface area contributed by atoms with E-state index in [1.54, 1.807) is 0 Å². The highest BCUT2D eigenvalue weighted by molar-refractivity contribution is 6.66. The number of carboxylic acid groups (broad SMARTS) is 4. The van der Waals surface area contributed by atoms with Gasteiger partial charge in [0.15, 0.2) is 14.1 Å². The predicted molar refractivity (Wildman–Crippen MR) is 136 cm³/mol. The number of rotatable bonds is 4. The van der Waals surface area contributed by atoms with Crippen molar-refractivity contribution in [3.05, 3.63) is 20.1 Å². The van der Waals surface area contributed by atoms with Crippen LogP contribution in [-0.2, 0) is 19.2 Å². The lowest BCUT2D eigenvalue weighted by molar-refractivity contribution is -0.153. The van der Waals surface area contributed by atoms with E-state index in [2.05, 4.69) is 0 Å². The Hall–Kier alpha value is 0.120. The second kappa shape index (κ2) is 9.31. The van der Waals surface area contributed by atoms with Crippen molar-refractivity contribution in [2.24, 2.45) is 23.7 Å². The van der Waals surface area contributed by atoms with E-state index in [1.165, 1.54) is 0 Å². The molecule has 4 aliphatic carbocycles. The lowest BCUT2D eigenvalue weighted by Gasteiger charge is -2.31. The van der Waals surface area contributed by atoms with Gasteiger partial charge in [0.05, 0.1) is 32.0 Å². The van der Waals surface area contributed by atoms with Gasteiger partial charge in [-0.05, 0) is 0 Å². The molecule has 8 unspecified atom stereocenters. The summed E-state index contributed by atoms with van der Waals surface area (Å²) in [5.41, 5.74) is 0. The number of hydrogen-bond acceptors (Lipinski definition) is 4. The zero-order valence-corrected chi connectivity index (χ0v) is 24.8. The van der Waals surface area contributed by atoms with Crippen LogP contribution >= 0.6 is 116 Å². The molecule has 2 fully saturated rings. The van der Waals surface area contributed by atoms with Crippen LogP contribution in [0.5, 0.6) is 0 Å². The summed E-state index contributed by atoms with van der Waals surface area (Å²) in [5.74, 6) is -18.7. The minimum absolute atomic E-state index is 0.347. The third-order valence-corrected chi connectivity index (χ3v) is 13.8. The smallest absolute Gasteiger partial charge is 0.309 e. The van der Waals surface area contributed by atoms with Crippen LogP contribution < -0.4 is 0 Å². The van der Waals surface area contributed by atoms with Crippen molar-refractivity contribution < 1.29 is 48.4 Å². The normalized spacial score (nSPS) is 43.7. The van der Waals surface area contributed by atoms with E-state index in [1.807, 2.05) is 0 Å². The van der Waals surface area contributed by atoms with Gasteiger partial charge in [-0.2, -0.15) is 0 Å². The summed E-state index contributed by atoms with van der Waals surface area (Å²) in [6.07, 6.45) is 0. The molecular formula is C18H8Cl10F2O8. The Balaban J connectivity index is 0.000000211. The van der Waals surface area contributed by atoms with Gasteiger partial charge in [0, 0.05) is 0 Å². The number of fused-ring (bicyclic) bond motifs is 4. The van der Waals surface area contributed by atoms with Crippen molar-refractivity contribution in [1.29, 1.82) is 0 Å². The Labute approximate surface area is 260 Å². The molecule has 4 bridgehead atoms. The molecule has 8 atom stereocenters. The number of halogens is 12. The van der Waals surface area contributed by atoms with Gasteiger partial charge in [-0.25, -0.2) is 8.78 Å². The highest BCUT2D eigenvalue weighted by atomic mass is 35.5. The lowest BCUT2D eigenvalue weighted by Crippen LogP contribution is -2.47. The average molecular weight is 745 g/mol. The fourth-order valence-electron chi connectivity index (χ4n) is 5.22. The van der Waals surface area contributed by atoms with Gasteiger partial charge in [0.1, 0.15) is 21.6 Å². The highest BCUT2D eigenvalue weighted by Gasteiger charge is 2.89. The van der Waals surface area contributed by atoms with Crippen molar-refractivity contribution >= 4 is 140 Å². The van der Waals surface area contributed by atoms with Crippen molar-refractivity contribution in [3.8, 4) is 0 Å².